The summed E-state index contributed by atoms with van der Waals surface area (Å²) in [5, 5.41) is 0. The predicted octanol–water partition coefficient (Wildman–Crippen LogP) is 2.61. The van der Waals surface area contributed by atoms with Crippen LogP contribution in [0.25, 0.3) is 0 Å². The van der Waals surface area contributed by atoms with Gasteiger partial charge in [-0.05, 0) is 24.3 Å². The van der Waals surface area contributed by atoms with Crippen LogP contribution < -0.4 is 10.5 Å². The van der Waals surface area contributed by atoms with Gasteiger partial charge in [-0.3, -0.25) is 0 Å². The van der Waals surface area contributed by atoms with Gasteiger partial charge >= 0.3 is 6.01 Å². The average molecular weight is 266 g/mol. The Labute approximate surface area is 95.2 Å². The van der Waals surface area contributed by atoms with Gasteiger partial charge in [-0.15, -0.1) is 0 Å². The third kappa shape index (κ3) is 2.44. The van der Waals surface area contributed by atoms with E-state index in [1.54, 1.807) is 30.6 Å². The summed E-state index contributed by atoms with van der Waals surface area (Å²) in [5.41, 5.74) is 6.30. The van der Waals surface area contributed by atoms with E-state index >= 15 is 0 Å². The molecule has 76 valence electrons. The van der Waals surface area contributed by atoms with Crippen molar-refractivity contribution >= 4 is 21.6 Å². The Hall–Kier alpha value is -1.62. The fraction of sp³-hybridized carbons (Fsp3) is 0. The number of nitrogens with zero attached hydrogens (tertiary/aromatic N) is 2. The molecule has 0 amide bonds. The average Bonchev–Trinajstić information content (AvgIpc) is 2.24. The topological polar surface area (TPSA) is 61.0 Å². The first-order valence-corrected chi connectivity index (χ1v) is 5.05. The predicted molar refractivity (Wildman–Crippen MR) is 60.7 cm³/mol. The van der Waals surface area contributed by atoms with Crippen LogP contribution >= 0.6 is 15.9 Å². The lowest BCUT2D eigenvalue weighted by atomic mass is 10.3. The van der Waals surface area contributed by atoms with Crippen molar-refractivity contribution in [3.8, 4) is 11.8 Å². The molecule has 0 fully saturated rings. The molecule has 0 saturated heterocycles. The molecular formula is C10H8BrN3O. The highest BCUT2D eigenvalue weighted by molar-refractivity contribution is 9.10. The summed E-state index contributed by atoms with van der Waals surface area (Å²) in [7, 11) is 0. The largest absolute Gasteiger partial charge is 0.422 e. The van der Waals surface area contributed by atoms with Crippen molar-refractivity contribution in [2.45, 2.75) is 0 Å². The number of anilines is 1. The van der Waals surface area contributed by atoms with Gasteiger partial charge in [-0.2, -0.15) is 0 Å². The van der Waals surface area contributed by atoms with E-state index in [0.717, 1.165) is 4.47 Å². The van der Waals surface area contributed by atoms with E-state index < -0.39 is 0 Å². The molecule has 0 saturated carbocycles. The number of aromatic nitrogens is 2. The van der Waals surface area contributed by atoms with Crippen LogP contribution in [0.1, 0.15) is 0 Å². The summed E-state index contributed by atoms with van der Waals surface area (Å²) in [6.07, 6.45) is 3.22. The van der Waals surface area contributed by atoms with Crippen LogP contribution in [0, 0.1) is 0 Å². The molecule has 0 unspecified atom stereocenters. The maximum atomic E-state index is 5.76. The van der Waals surface area contributed by atoms with Crippen LogP contribution in [0.2, 0.25) is 0 Å². The summed E-state index contributed by atoms with van der Waals surface area (Å²) < 4.78 is 6.30. The Morgan fingerprint density at radius 2 is 1.93 bits per heavy atom. The van der Waals surface area contributed by atoms with Crippen molar-refractivity contribution in [3.63, 3.8) is 0 Å². The molecule has 0 radical (unpaired) electrons. The van der Waals surface area contributed by atoms with Crippen LogP contribution in [0.4, 0.5) is 5.69 Å². The number of hydrogen-bond donors (Lipinski definition) is 1. The van der Waals surface area contributed by atoms with Crippen molar-refractivity contribution in [3.05, 3.63) is 41.1 Å². The molecule has 4 nitrogen and oxygen atoms in total. The molecule has 1 aromatic carbocycles. The van der Waals surface area contributed by atoms with E-state index in [1.165, 1.54) is 0 Å². The zero-order chi connectivity index (χ0) is 10.7. The van der Waals surface area contributed by atoms with Gasteiger partial charge in [-0.25, -0.2) is 9.97 Å². The smallest absolute Gasteiger partial charge is 0.321 e. The number of benzene rings is 1. The first-order valence-electron chi connectivity index (χ1n) is 4.25. The second-order valence-corrected chi connectivity index (χ2v) is 3.73. The third-order valence-corrected chi connectivity index (χ3v) is 2.21. The summed E-state index contributed by atoms with van der Waals surface area (Å²) in [4.78, 5) is 7.87. The number of rotatable bonds is 2. The number of nitrogen functional groups attached to an aromatic ring is 1. The summed E-state index contributed by atoms with van der Waals surface area (Å²) >= 11 is 3.31. The van der Waals surface area contributed by atoms with Crippen molar-refractivity contribution < 1.29 is 4.74 Å². The summed E-state index contributed by atoms with van der Waals surface area (Å²) in [5.74, 6) is 0.546. The van der Waals surface area contributed by atoms with Crippen molar-refractivity contribution in [2.75, 3.05) is 5.73 Å². The molecule has 0 spiro atoms. The van der Waals surface area contributed by atoms with Gasteiger partial charge in [0.25, 0.3) is 0 Å². The lowest BCUT2D eigenvalue weighted by Gasteiger charge is -2.06. The quantitative estimate of drug-likeness (QED) is 0.849. The Balaban J connectivity index is 2.25. The molecule has 2 N–H and O–H groups in total. The first kappa shape index (κ1) is 9.92. The van der Waals surface area contributed by atoms with Gasteiger partial charge in [0, 0.05) is 16.9 Å². The molecule has 1 heterocycles. The number of halogens is 1. The standard InChI is InChI=1S/C10H8BrN3O/c11-7-2-3-9(8(12)6-7)15-10-13-4-1-5-14-10/h1-6H,12H2. The summed E-state index contributed by atoms with van der Waals surface area (Å²) in [6.45, 7) is 0. The van der Waals surface area contributed by atoms with Crippen LogP contribution in [0.3, 0.4) is 0 Å². The summed E-state index contributed by atoms with van der Waals surface area (Å²) in [6, 6.07) is 7.37. The van der Waals surface area contributed by atoms with E-state index in [-0.39, 0.29) is 6.01 Å². The van der Waals surface area contributed by atoms with Gasteiger partial charge in [0.05, 0.1) is 5.69 Å². The van der Waals surface area contributed by atoms with Crippen molar-refractivity contribution in [1.82, 2.24) is 9.97 Å². The second kappa shape index (κ2) is 4.27. The molecular weight excluding hydrogens is 258 g/mol. The molecule has 0 bridgehead atoms. The van der Waals surface area contributed by atoms with Gasteiger partial charge in [-0.1, -0.05) is 15.9 Å². The maximum absolute atomic E-state index is 5.76. The molecule has 0 aliphatic carbocycles. The minimum absolute atomic E-state index is 0.284. The van der Waals surface area contributed by atoms with E-state index in [2.05, 4.69) is 25.9 Å². The minimum atomic E-state index is 0.284. The van der Waals surface area contributed by atoms with E-state index in [4.69, 9.17) is 10.5 Å². The molecule has 15 heavy (non-hydrogen) atoms. The molecule has 5 heteroatoms. The molecule has 2 rings (SSSR count). The fourth-order valence-electron chi connectivity index (χ4n) is 1.05. The zero-order valence-electron chi connectivity index (χ0n) is 7.72. The maximum Gasteiger partial charge on any atom is 0.321 e. The van der Waals surface area contributed by atoms with Crippen LogP contribution in [0.15, 0.2) is 41.1 Å². The number of nitrogens with two attached hydrogens (primary N) is 1. The highest BCUT2D eigenvalue weighted by Crippen LogP contribution is 2.27. The Morgan fingerprint density at radius 3 is 2.60 bits per heavy atom. The monoisotopic (exact) mass is 265 g/mol. The molecule has 0 atom stereocenters. The van der Waals surface area contributed by atoms with Gasteiger partial charge in [0.2, 0.25) is 0 Å². The highest BCUT2D eigenvalue weighted by atomic mass is 79.9. The van der Waals surface area contributed by atoms with Crippen LogP contribution in [-0.2, 0) is 0 Å². The molecule has 1 aromatic heterocycles. The van der Waals surface area contributed by atoms with Crippen LogP contribution in [-0.4, -0.2) is 9.97 Å². The lowest BCUT2D eigenvalue weighted by Crippen LogP contribution is -1.94. The van der Waals surface area contributed by atoms with E-state index in [9.17, 15) is 0 Å². The van der Waals surface area contributed by atoms with E-state index in [0.29, 0.717) is 11.4 Å². The SMILES string of the molecule is Nc1cc(Br)ccc1Oc1ncccn1. The first-order chi connectivity index (χ1) is 7.25. The molecule has 0 aliphatic rings. The Bertz CT molecular complexity index is 461. The normalized spacial score (nSPS) is 9.93. The third-order valence-electron chi connectivity index (χ3n) is 1.72. The van der Waals surface area contributed by atoms with Gasteiger partial charge in [0.1, 0.15) is 0 Å². The Kier molecular flexibility index (Phi) is 2.82. The minimum Gasteiger partial charge on any atom is -0.422 e. The zero-order valence-corrected chi connectivity index (χ0v) is 9.31. The van der Waals surface area contributed by atoms with Crippen LogP contribution in [0.5, 0.6) is 11.8 Å². The second-order valence-electron chi connectivity index (χ2n) is 2.82. The Morgan fingerprint density at radius 1 is 1.20 bits per heavy atom. The number of hydrogen-bond acceptors (Lipinski definition) is 4. The molecule has 0 aliphatic heterocycles. The molecule has 2 aromatic rings. The fourth-order valence-corrected chi connectivity index (χ4v) is 1.43. The highest BCUT2D eigenvalue weighted by Gasteiger charge is 2.03. The van der Waals surface area contributed by atoms with Gasteiger partial charge in [0.15, 0.2) is 5.75 Å². The van der Waals surface area contributed by atoms with Gasteiger partial charge < -0.3 is 10.5 Å². The lowest BCUT2D eigenvalue weighted by molar-refractivity contribution is 0.444. The van der Waals surface area contributed by atoms with Crippen molar-refractivity contribution in [2.24, 2.45) is 0 Å². The number of ether oxygens (including phenoxy) is 1. The van der Waals surface area contributed by atoms with E-state index in [1.807, 2.05) is 6.07 Å². The van der Waals surface area contributed by atoms with Crippen molar-refractivity contribution in [1.29, 1.82) is 0 Å².